The largest absolute Gasteiger partial charge is 0.493 e. The molecule has 0 heterocycles. The smallest absolute Gasteiger partial charge is 0.163 e. The summed E-state index contributed by atoms with van der Waals surface area (Å²) < 4.78 is 10.8. The van der Waals surface area contributed by atoms with Gasteiger partial charge in [-0.2, -0.15) is 0 Å². The van der Waals surface area contributed by atoms with E-state index in [4.69, 9.17) is 14.6 Å². The molecule has 2 aliphatic rings. The highest BCUT2D eigenvalue weighted by atomic mass is 16.5. The first kappa shape index (κ1) is 13.6. The molecule has 0 radical (unpaired) electrons. The average Bonchev–Trinajstić information content (AvgIpc) is 3.35. The van der Waals surface area contributed by atoms with Crippen molar-refractivity contribution >= 4 is 5.69 Å². The summed E-state index contributed by atoms with van der Waals surface area (Å²) in [5.74, 6) is 3.10. The van der Waals surface area contributed by atoms with Crippen molar-refractivity contribution in [3.05, 3.63) is 18.2 Å². The first-order valence-electron chi connectivity index (χ1n) is 7.50. The van der Waals surface area contributed by atoms with Crippen LogP contribution in [0.3, 0.4) is 0 Å². The van der Waals surface area contributed by atoms with Crippen molar-refractivity contribution in [3.63, 3.8) is 0 Å². The number of hydrogen-bond acceptors (Lipinski definition) is 4. The molecule has 110 valence electrons. The summed E-state index contributed by atoms with van der Waals surface area (Å²) in [5.41, 5.74) is 1.09. The van der Waals surface area contributed by atoms with Crippen molar-refractivity contribution in [2.75, 3.05) is 25.6 Å². The van der Waals surface area contributed by atoms with E-state index in [0.29, 0.717) is 17.5 Å². The van der Waals surface area contributed by atoms with Gasteiger partial charge in [0.15, 0.2) is 11.5 Å². The summed E-state index contributed by atoms with van der Waals surface area (Å²) >= 11 is 0. The normalized spacial score (nSPS) is 18.1. The Labute approximate surface area is 120 Å². The molecule has 0 saturated heterocycles. The molecule has 0 bridgehead atoms. The Balaban J connectivity index is 1.71. The summed E-state index contributed by atoms with van der Waals surface area (Å²) in [4.78, 5) is 0. The van der Waals surface area contributed by atoms with Gasteiger partial charge in [0, 0.05) is 17.8 Å². The minimum Gasteiger partial charge on any atom is -0.493 e. The Kier molecular flexibility index (Phi) is 4.01. The lowest BCUT2D eigenvalue weighted by atomic mass is 10.1. The number of nitrogens with one attached hydrogen (secondary N) is 1. The number of aliphatic hydroxyl groups is 1. The third-order valence-electron chi connectivity index (χ3n) is 4.11. The number of methoxy groups -OCH3 is 1. The Bertz CT molecular complexity index is 443. The molecule has 1 aromatic rings. The van der Waals surface area contributed by atoms with Crippen LogP contribution in [-0.4, -0.2) is 31.5 Å². The fraction of sp³-hybridized carbons (Fsp3) is 0.625. The molecule has 0 amide bonds. The minimum atomic E-state index is 0.00752. The third-order valence-corrected chi connectivity index (χ3v) is 4.11. The summed E-state index contributed by atoms with van der Waals surface area (Å²) in [7, 11) is 1.63. The quantitative estimate of drug-likeness (QED) is 0.767. The molecular formula is C16H23NO3. The van der Waals surface area contributed by atoms with Gasteiger partial charge in [0.05, 0.1) is 13.7 Å². The predicted molar refractivity (Wildman–Crippen MR) is 78.4 cm³/mol. The van der Waals surface area contributed by atoms with Crippen LogP contribution >= 0.6 is 0 Å². The topological polar surface area (TPSA) is 50.7 Å². The van der Waals surface area contributed by atoms with Crippen molar-refractivity contribution in [1.29, 1.82) is 0 Å². The second-order valence-corrected chi connectivity index (χ2v) is 5.78. The lowest BCUT2D eigenvalue weighted by molar-refractivity contribution is 0.196. The molecule has 2 fully saturated rings. The van der Waals surface area contributed by atoms with E-state index in [-0.39, 0.29) is 13.2 Å². The highest BCUT2D eigenvalue weighted by Crippen LogP contribution is 2.46. The molecule has 0 aromatic heterocycles. The predicted octanol–water partition coefficient (Wildman–Crippen LogP) is 2.67. The zero-order valence-corrected chi connectivity index (χ0v) is 12.0. The average molecular weight is 277 g/mol. The molecule has 3 rings (SSSR count). The van der Waals surface area contributed by atoms with Gasteiger partial charge in [0.25, 0.3) is 0 Å². The molecule has 0 atom stereocenters. The van der Waals surface area contributed by atoms with Crippen LogP contribution in [0.4, 0.5) is 5.69 Å². The monoisotopic (exact) mass is 277 g/mol. The van der Waals surface area contributed by atoms with E-state index in [2.05, 4.69) is 5.32 Å². The van der Waals surface area contributed by atoms with Crippen LogP contribution in [0.1, 0.15) is 25.7 Å². The van der Waals surface area contributed by atoms with Gasteiger partial charge in [-0.3, -0.25) is 0 Å². The number of rotatable bonds is 8. The van der Waals surface area contributed by atoms with Crippen molar-refractivity contribution in [2.45, 2.75) is 31.7 Å². The highest BCUT2D eigenvalue weighted by Gasteiger charge is 2.41. The maximum atomic E-state index is 8.89. The first-order valence-corrected chi connectivity index (χ1v) is 7.50. The van der Waals surface area contributed by atoms with Crippen molar-refractivity contribution < 1.29 is 14.6 Å². The molecule has 1 aromatic carbocycles. The molecule has 2 saturated carbocycles. The molecule has 2 N–H and O–H groups in total. The number of hydrogen-bond donors (Lipinski definition) is 2. The Hall–Kier alpha value is -1.42. The lowest BCUT2D eigenvalue weighted by Gasteiger charge is -2.20. The van der Waals surface area contributed by atoms with Crippen LogP contribution in [0.5, 0.6) is 11.5 Å². The van der Waals surface area contributed by atoms with E-state index in [9.17, 15) is 0 Å². The van der Waals surface area contributed by atoms with Crippen molar-refractivity contribution in [2.24, 2.45) is 11.8 Å². The van der Waals surface area contributed by atoms with E-state index >= 15 is 0 Å². The molecule has 4 nitrogen and oxygen atoms in total. The number of benzene rings is 1. The molecule has 0 spiro atoms. The van der Waals surface area contributed by atoms with Crippen LogP contribution in [0.15, 0.2) is 18.2 Å². The van der Waals surface area contributed by atoms with Crippen LogP contribution in [0.25, 0.3) is 0 Å². The SMILES string of the molecule is COc1ccc(NC(C2CC2)C2CC2)cc1OCCO. The molecule has 2 aliphatic carbocycles. The zero-order chi connectivity index (χ0) is 13.9. The Morgan fingerprint density at radius 1 is 1.20 bits per heavy atom. The Morgan fingerprint density at radius 2 is 1.90 bits per heavy atom. The van der Waals surface area contributed by atoms with Crippen LogP contribution in [-0.2, 0) is 0 Å². The maximum Gasteiger partial charge on any atom is 0.163 e. The van der Waals surface area contributed by atoms with E-state index in [0.717, 1.165) is 17.5 Å². The molecule has 20 heavy (non-hydrogen) atoms. The molecular weight excluding hydrogens is 254 g/mol. The first-order chi connectivity index (χ1) is 9.81. The molecule has 0 aliphatic heterocycles. The second-order valence-electron chi connectivity index (χ2n) is 5.78. The van der Waals surface area contributed by atoms with Crippen LogP contribution < -0.4 is 14.8 Å². The maximum absolute atomic E-state index is 8.89. The lowest BCUT2D eigenvalue weighted by Crippen LogP contribution is -2.24. The zero-order valence-electron chi connectivity index (χ0n) is 12.0. The van der Waals surface area contributed by atoms with Crippen molar-refractivity contribution in [1.82, 2.24) is 0 Å². The van der Waals surface area contributed by atoms with Crippen LogP contribution in [0.2, 0.25) is 0 Å². The fourth-order valence-electron chi connectivity index (χ4n) is 2.76. The Morgan fingerprint density at radius 3 is 2.45 bits per heavy atom. The van der Waals surface area contributed by atoms with Gasteiger partial charge in [0.1, 0.15) is 6.61 Å². The third kappa shape index (κ3) is 3.18. The number of aliphatic hydroxyl groups excluding tert-OH is 1. The summed E-state index contributed by atoms with van der Waals surface area (Å²) in [6.07, 6.45) is 5.44. The van der Waals surface area contributed by atoms with Gasteiger partial charge >= 0.3 is 0 Å². The summed E-state index contributed by atoms with van der Waals surface area (Å²) in [5, 5.41) is 12.6. The van der Waals surface area contributed by atoms with E-state index < -0.39 is 0 Å². The standard InChI is InChI=1S/C16H23NO3/c1-19-14-7-6-13(10-15(14)20-9-8-18)17-16(11-2-3-11)12-4-5-12/h6-7,10-12,16-18H,2-5,8-9H2,1H3. The summed E-state index contributed by atoms with van der Waals surface area (Å²) in [6, 6.07) is 6.56. The number of ether oxygens (including phenoxy) is 2. The fourth-order valence-corrected chi connectivity index (χ4v) is 2.76. The van der Waals surface area contributed by atoms with E-state index in [1.807, 2.05) is 18.2 Å². The molecule has 0 unspecified atom stereocenters. The van der Waals surface area contributed by atoms with Gasteiger partial charge in [-0.15, -0.1) is 0 Å². The van der Waals surface area contributed by atoms with Gasteiger partial charge in [-0.05, 0) is 49.7 Å². The van der Waals surface area contributed by atoms with Crippen molar-refractivity contribution in [3.8, 4) is 11.5 Å². The highest BCUT2D eigenvalue weighted by molar-refractivity contribution is 5.55. The summed E-state index contributed by atoms with van der Waals surface area (Å²) in [6.45, 7) is 0.294. The van der Waals surface area contributed by atoms with Gasteiger partial charge in [-0.25, -0.2) is 0 Å². The minimum absolute atomic E-state index is 0.00752. The van der Waals surface area contributed by atoms with E-state index in [1.54, 1.807) is 7.11 Å². The van der Waals surface area contributed by atoms with Gasteiger partial charge in [-0.1, -0.05) is 0 Å². The second kappa shape index (κ2) is 5.92. The van der Waals surface area contributed by atoms with Gasteiger partial charge < -0.3 is 19.9 Å². The van der Waals surface area contributed by atoms with Crippen LogP contribution in [0, 0.1) is 11.8 Å². The van der Waals surface area contributed by atoms with E-state index in [1.165, 1.54) is 25.7 Å². The number of anilines is 1. The van der Waals surface area contributed by atoms with Gasteiger partial charge in [0.2, 0.25) is 0 Å². The molecule has 4 heteroatoms.